The van der Waals surface area contributed by atoms with Crippen molar-refractivity contribution in [3.8, 4) is 0 Å². The quantitative estimate of drug-likeness (QED) is 0.906. The molecule has 2 rings (SSSR count). The van der Waals surface area contributed by atoms with Gasteiger partial charge in [0.15, 0.2) is 0 Å². The molecule has 3 nitrogen and oxygen atoms in total. The van der Waals surface area contributed by atoms with Crippen LogP contribution >= 0.6 is 0 Å². The summed E-state index contributed by atoms with van der Waals surface area (Å²) in [6, 6.07) is 7.14. The Balaban J connectivity index is 2.04. The molecule has 0 spiro atoms. The number of amides is 1. The number of piperidine rings is 1. The number of benzene rings is 1. The van der Waals surface area contributed by atoms with Gasteiger partial charge in [0.2, 0.25) is 5.91 Å². The van der Waals surface area contributed by atoms with Gasteiger partial charge >= 0.3 is 0 Å². The largest absolute Gasteiger partial charge is 0.344 e. The molecule has 1 heterocycles. The maximum atomic E-state index is 13.8. The molecule has 1 aromatic carbocycles. The molecule has 104 valence electrons. The maximum Gasteiger partial charge on any atom is 0.222 e. The third-order valence-electron chi connectivity index (χ3n) is 3.75. The van der Waals surface area contributed by atoms with Gasteiger partial charge < -0.3 is 10.2 Å². The van der Waals surface area contributed by atoms with Gasteiger partial charge in [-0.05, 0) is 18.9 Å². The molecule has 0 bridgehead atoms. The van der Waals surface area contributed by atoms with E-state index in [1.54, 1.807) is 11.0 Å². The predicted molar refractivity (Wildman–Crippen MR) is 73.2 cm³/mol. The van der Waals surface area contributed by atoms with E-state index in [9.17, 15) is 9.18 Å². The third-order valence-corrected chi connectivity index (χ3v) is 3.75. The predicted octanol–water partition coefficient (Wildman–Crippen LogP) is 2.49. The molecule has 1 aliphatic heterocycles. The molecule has 4 heteroatoms. The maximum absolute atomic E-state index is 13.8. The Labute approximate surface area is 113 Å². The van der Waals surface area contributed by atoms with E-state index in [1.165, 1.54) is 6.07 Å². The summed E-state index contributed by atoms with van der Waals surface area (Å²) in [5.74, 6) is 0.0269. The fraction of sp³-hybridized carbons (Fsp3) is 0.533. The lowest BCUT2D eigenvalue weighted by atomic mass is 9.99. The highest BCUT2D eigenvalue weighted by molar-refractivity contribution is 5.76. The summed E-state index contributed by atoms with van der Waals surface area (Å²) in [6.07, 6.45) is 2.23. The average Bonchev–Trinajstić information content (AvgIpc) is 2.41. The van der Waals surface area contributed by atoms with Crippen molar-refractivity contribution in [2.45, 2.75) is 38.3 Å². The van der Waals surface area contributed by atoms with Crippen molar-refractivity contribution in [3.63, 3.8) is 0 Å². The first-order valence-corrected chi connectivity index (χ1v) is 6.86. The molecule has 1 aliphatic rings. The molecule has 1 N–H and O–H groups in total. The summed E-state index contributed by atoms with van der Waals surface area (Å²) < 4.78 is 13.8. The minimum absolute atomic E-state index is 0.00722. The molecule has 2 atom stereocenters. The number of hydrogen-bond acceptors (Lipinski definition) is 2. The Morgan fingerprint density at radius 3 is 2.84 bits per heavy atom. The van der Waals surface area contributed by atoms with Crippen LogP contribution in [0.4, 0.5) is 4.39 Å². The SMILES string of the molecule is CC[C@@H](N[C@@H]1CCC(=O)N(C)C1)c1ccccc1F. The Kier molecular flexibility index (Phi) is 4.53. The molecule has 1 fully saturated rings. The van der Waals surface area contributed by atoms with Crippen molar-refractivity contribution in [2.24, 2.45) is 0 Å². The standard InChI is InChI=1S/C15H21FN2O/c1-3-14(12-6-4-5-7-13(12)16)17-11-8-9-15(19)18(2)10-11/h4-7,11,14,17H,3,8-10H2,1-2H3/t11-,14-/m1/s1. The first-order chi connectivity index (χ1) is 9.11. The van der Waals surface area contributed by atoms with Crippen LogP contribution in [-0.4, -0.2) is 30.4 Å². The van der Waals surface area contributed by atoms with Gasteiger partial charge in [-0.3, -0.25) is 4.79 Å². The van der Waals surface area contributed by atoms with Crippen molar-refractivity contribution in [3.05, 3.63) is 35.6 Å². The van der Waals surface area contributed by atoms with Crippen LogP contribution in [0.25, 0.3) is 0 Å². The molecule has 0 saturated carbocycles. The number of nitrogens with zero attached hydrogens (tertiary/aromatic N) is 1. The van der Waals surface area contributed by atoms with E-state index in [2.05, 4.69) is 5.32 Å². The van der Waals surface area contributed by atoms with Gasteiger partial charge in [0.25, 0.3) is 0 Å². The minimum Gasteiger partial charge on any atom is -0.344 e. The summed E-state index contributed by atoms with van der Waals surface area (Å²) in [4.78, 5) is 13.2. The first-order valence-electron chi connectivity index (χ1n) is 6.86. The van der Waals surface area contributed by atoms with Crippen LogP contribution < -0.4 is 5.32 Å². The highest BCUT2D eigenvalue weighted by Crippen LogP contribution is 2.22. The van der Waals surface area contributed by atoms with Crippen LogP contribution in [0.2, 0.25) is 0 Å². The fourth-order valence-electron chi connectivity index (χ4n) is 2.62. The first kappa shape index (κ1) is 14.0. The number of carbonyl (C=O) groups is 1. The van der Waals surface area contributed by atoms with Crippen molar-refractivity contribution in [2.75, 3.05) is 13.6 Å². The highest BCUT2D eigenvalue weighted by Gasteiger charge is 2.25. The Bertz CT molecular complexity index is 450. The monoisotopic (exact) mass is 264 g/mol. The van der Waals surface area contributed by atoms with Crippen molar-refractivity contribution in [1.29, 1.82) is 0 Å². The molecule has 0 aliphatic carbocycles. The summed E-state index contributed by atoms with van der Waals surface area (Å²) in [7, 11) is 1.82. The minimum atomic E-state index is -0.165. The second-order valence-corrected chi connectivity index (χ2v) is 5.16. The average molecular weight is 264 g/mol. The van der Waals surface area contributed by atoms with E-state index in [0.29, 0.717) is 18.5 Å². The molecular weight excluding hydrogens is 243 g/mol. The molecule has 0 aromatic heterocycles. The normalized spacial score (nSPS) is 21.5. The van der Waals surface area contributed by atoms with E-state index in [0.717, 1.165) is 12.8 Å². The van der Waals surface area contributed by atoms with Gasteiger partial charge in [-0.2, -0.15) is 0 Å². The molecule has 1 saturated heterocycles. The van der Waals surface area contributed by atoms with Crippen LogP contribution in [0.15, 0.2) is 24.3 Å². The van der Waals surface area contributed by atoms with Crippen LogP contribution in [0.1, 0.15) is 37.8 Å². The number of hydrogen-bond donors (Lipinski definition) is 1. The van der Waals surface area contributed by atoms with Gasteiger partial charge in [-0.15, -0.1) is 0 Å². The number of rotatable bonds is 4. The Hall–Kier alpha value is -1.42. The van der Waals surface area contributed by atoms with Gasteiger partial charge in [-0.25, -0.2) is 4.39 Å². The van der Waals surface area contributed by atoms with E-state index < -0.39 is 0 Å². The van der Waals surface area contributed by atoms with Gasteiger partial charge in [0.1, 0.15) is 5.82 Å². The molecular formula is C15H21FN2O. The van der Waals surface area contributed by atoms with Crippen LogP contribution in [0.5, 0.6) is 0 Å². The van der Waals surface area contributed by atoms with Crippen molar-refractivity contribution >= 4 is 5.91 Å². The van der Waals surface area contributed by atoms with E-state index in [1.807, 2.05) is 26.1 Å². The molecule has 1 amide bonds. The Morgan fingerprint density at radius 2 is 2.21 bits per heavy atom. The Morgan fingerprint density at radius 1 is 1.47 bits per heavy atom. The summed E-state index contributed by atoms with van der Waals surface area (Å²) in [5.41, 5.74) is 0.713. The second-order valence-electron chi connectivity index (χ2n) is 5.16. The topological polar surface area (TPSA) is 32.3 Å². The summed E-state index contributed by atoms with van der Waals surface area (Å²) >= 11 is 0. The molecule has 0 radical (unpaired) electrons. The third kappa shape index (κ3) is 3.32. The highest BCUT2D eigenvalue weighted by atomic mass is 19.1. The lowest BCUT2D eigenvalue weighted by molar-refractivity contribution is -0.132. The number of halogens is 1. The van der Waals surface area contributed by atoms with Gasteiger partial charge in [-0.1, -0.05) is 25.1 Å². The zero-order valence-electron chi connectivity index (χ0n) is 11.5. The molecule has 0 unspecified atom stereocenters. The zero-order chi connectivity index (χ0) is 13.8. The van der Waals surface area contributed by atoms with Crippen molar-refractivity contribution < 1.29 is 9.18 Å². The van der Waals surface area contributed by atoms with Gasteiger partial charge in [0.05, 0.1) is 0 Å². The van der Waals surface area contributed by atoms with E-state index >= 15 is 0 Å². The lowest BCUT2D eigenvalue weighted by Gasteiger charge is -2.33. The number of likely N-dealkylation sites (tertiary alicyclic amines) is 1. The van der Waals surface area contributed by atoms with Crippen LogP contribution in [0, 0.1) is 5.82 Å². The summed E-state index contributed by atoms with van der Waals surface area (Å²) in [5, 5.41) is 3.48. The molecule has 1 aromatic rings. The fourth-order valence-corrected chi connectivity index (χ4v) is 2.62. The molecule has 19 heavy (non-hydrogen) atoms. The number of nitrogens with one attached hydrogen (secondary N) is 1. The lowest BCUT2D eigenvalue weighted by Crippen LogP contribution is -2.47. The van der Waals surface area contributed by atoms with E-state index in [-0.39, 0.29) is 23.8 Å². The van der Waals surface area contributed by atoms with Crippen LogP contribution in [-0.2, 0) is 4.79 Å². The smallest absolute Gasteiger partial charge is 0.222 e. The number of carbonyl (C=O) groups excluding carboxylic acids is 1. The summed E-state index contributed by atoms with van der Waals surface area (Å²) in [6.45, 7) is 2.74. The van der Waals surface area contributed by atoms with E-state index in [4.69, 9.17) is 0 Å². The van der Waals surface area contributed by atoms with Crippen molar-refractivity contribution in [1.82, 2.24) is 10.2 Å². The number of likely N-dealkylation sites (N-methyl/N-ethyl adjacent to an activating group) is 1. The second kappa shape index (κ2) is 6.15. The van der Waals surface area contributed by atoms with Gasteiger partial charge in [0, 0.05) is 37.7 Å². The zero-order valence-corrected chi connectivity index (χ0v) is 11.5. The van der Waals surface area contributed by atoms with Crippen LogP contribution in [0.3, 0.4) is 0 Å².